The number of thioether (sulfide) groups is 1. The minimum atomic E-state index is -0.876. The Morgan fingerprint density at radius 1 is 1.50 bits per heavy atom. The van der Waals surface area contributed by atoms with Crippen molar-refractivity contribution < 1.29 is 14.7 Å². The number of imidazole rings is 1. The van der Waals surface area contributed by atoms with Gasteiger partial charge in [0.2, 0.25) is 5.91 Å². The molecule has 2 N–H and O–H groups in total. The lowest BCUT2D eigenvalue weighted by Gasteiger charge is -2.13. The number of carboxylic acid groups (broad SMARTS) is 1. The number of nitrogens with one attached hydrogen (secondary N) is 1. The fraction of sp³-hybridized carbons (Fsp3) is 0.615. The minimum Gasteiger partial charge on any atom is -0.481 e. The number of hydrogen-bond donors (Lipinski definition) is 2. The van der Waals surface area contributed by atoms with Gasteiger partial charge in [-0.2, -0.15) is 0 Å². The third-order valence-electron chi connectivity index (χ3n) is 2.70. The molecule has 0 atom stereocenters. The van der Waals surface area contributed by atoms with Crippen molar-refractivity contribution in [1.82, 2.24) is 14.9 Å². The summed E-state index contributed by atoms with van der Waals surface area (Å²) in [4.78, 5) is 26.5. The van der Waals surface area contributed by atoms with Crippen LogP contribution in [0.25, 0.3) is 0 Å². The zero-order valence-electron chi connectivity index (χ0n) is 12.0. The van der Waals surface area contributed by atoms with Crippen LogP contribution in [0.5, 0.6) is 0 Å². The van der Waals surface area contributed by atoms with Crippen LogP contribution >= 0.6 is 11.8 Å². The molecule has 7 heteroatoms. The van der Waals surface area contributed by atoms with Crippen molar-refractivity contribution >= 4 is 23.6 Å². The number of hydrogen-bond acceptors (Lipinski definition) is 4. The van der Waals surface area contributed by atoms with Crippen LogP contribution in [0.1, 0.15) is 38.8 Å². The van der Waals surface area contributed by atoms with Crippen LogP contribution < -0.4 is 5.32 Å². The number of nitrogens with zero attached hydrogens (tertiary/aromatic N) is 2. The Balaban J connectivity index is 2.80. The smallest absolute Gasteiger partial charge is 0.313 e. The van der Waals surface area contributed by atoms with Crippen molar-refractivity contribution in [3.8, 4) is 0 Å². The maximum atomic E-state index is 11.6. The lowest BCUT2D eigenvalue weighted by molar-refractivity contribution is -0.134. The largest absolute Gasteiger partial charge is 0.481 e. The van der Waals surface area contributed by atoms with Crippen LogP contribution in [0, 0.1) is 0 Å². The van der Waals surface area contributed by atoms with Gasteiger partial charge in [-0.3, -0.25) is 9.59 Å². The molecule has 6 nitrogen and oxygen atoms in total. The third-order valence-corrected chi connectivity index (χ3v) is 3.68. The molecule has 1 rings (SSSR count). The monoisotopic (exact) mass is 299 g/mol. The van der Waals surface area contributed by atoms with Gasteiger partial charge in [0, 0.05) is 31.4 Å². The van der Waals surface area contributed by atoms with Gasteiger partial charge in [0.25, 0.3) is 0 Å². The van der Waals surface area contributed by atoms with Gasteiger partial charge in [-0.05, 0) is 12.8 Å². The normalized spacial score (nSPS) is 10.8. The van der Waals surface area contributed by atoms with Crippen LogP contribution in [0.15, 0.2) is 11.4 Å². The van der Waals surface area contributed by atoms with E-state index in [1.807, 2.05) is 25.3 Å². The maximum Gasteiger partial charge on any atom is 0.313 e. The first-order valence-electron chi connectivity index (χ1n) is 6.62. The Labute approximate surface area is 123 Å². The van der Waals surface area contributed by atoms with Crippen molar-refractivity contribution in [2.75, 3.05) is 12.3 Å². The Kier molecular flexibility index (Phi) is 6.57. The van der Waals surface area contributed by atoms with E-state index in [9.17, 15) is 9.59 Å². The molecule has 0 radical (unpaired) electrons. The second-order valence-electron chi connectivity index (χ2n) is 4.66. The molecule has 112 valence electrons. The van der Waals surface area contributed by atoms with Crippen molar-refractivity contribution in [2.45, 2.75) is 44.8 Å². The van der Waals surface area contributed by atoms with Gasteiger partial charge in [0.1, 0.15) is 0 Å². The van der Waals surface area contributed by atoms with Crippen LogP contribution in [-0.4, -0.2) is 38.8 Å². The highest BCUT2D eigenvalue weighted by Gasteiger charge is 2.15. The molecule has 1 amide bonds. The van der Waals surface area contributed by atoms with Crippen LogP contribution in [0.3, 0.4) is 0 Å². The predicted molar refractivity (Wildman–Crippen MR) is 78.0 cm³/mol. The highest BCUT2D eigenvalue weighted by molar-refractivity contribution is 7.99. The summed E-state index contributed by atoms with van der Waals surface area (Å²) in [5.41, 5.74) is 1.02. The molecule has 0 saturated carbocycles. The summed E-state index contributed by atoms with van der Waals surface area (Å²) in [6.07, 6.45) is 2.12. The molecule has 0 aliphatic carbocycles. The quantitative estimate of drug-likeness (QED) is 0.714. The van der Waals surface area contributed by atoms with Crippen molar-refractivity contribution in [2.24, 2.45) is 0 Å². The predicted octanol–water partition coefficient (Wildman–Crippen LogP) is 1.71. The molecule has 0 aliphatic heterocycles. The number of aromatic nitrogens is 2. The zero-order valence-corrected chi connectivity index (χ0v) is 12.9. The van der Waals surface area contributed by atoms with Gasteiger partial charge < -0.3 is 15.0 Å². The van der Waals surface area contributed by atoms with E-state index in [0.717, 1.165) is 5.69 Å². The Morgan fingerprint density at radius 3 is 2.75 bits per heavy atom. The van der Waals surface area contributed by atoms with Gasteiger partial charge >= 0.3 is 5.97 Å². The lowest BCUT2D eigenvalue weighted by atomic mass is 10.1. The first kappa shape index (κ1) is 16.6. The molecule has 0 fully saturated rings. The van der Waals surface area contributed by atoms with Gasteiger partial charge in [-0.15, -0.1) is 0 Å². The summed E-state index contributed by atoms with van der Waals surface area (Å²) < 4.78 is 1.94. The maximum absolute atomic E-state index is 11.6. The Bertz CT molecular complexity index is 471. The molecule has 1 heterocycles. The number of rotatable bonds is 8. The van der Waals surface area contributed by atoms with E-state index in [2.05, 4.69) is 10.3 Å². The summed E-state index contributed by atoms with van der Waals surface area (Å²) >= 11 is 1.18. The van der Waals surface area contributed by atoms with Crippen molar-refractivity contribution in [3.63, 3.8) is 0 Å². The minimum absolute atomic E-state index is 0.00918. The second-order valence-corrected chi connectivity index (χ2v) is 5.60. The Hall–Kier alpha value is -1.50. The average Bonchev–Trinajstić information content (AvgIpc) is 2.77. The number of aliphatic carboxylic acids is 1. The van der Waals surface area contributed by atoms with Crippen LogP contribution in [0.4, 0.5) is 0 Å². The van der Waals surface area contributed by atoms with E-state index in [1.54, 1.807) is 6.20 Å². The molecule has 1 aromatic rings. The lowest BCUT2D eigenvalue weighted by Crippen LogP contribution is -2.24. The van der Waals surface area contributed by atoms with Crippen LogP contribution in [-0.2, 0) is 16.1 Å². The van der Waals surface area contributed by atoms with Crippen molar-refractivity contribution in [1.29, 1.82) is 0 Å². The van der Waals surface area contributed by atoms with E-state index >= 15 is 0 Å². The molecule has 0 bridgehead atoms. The Morgan fingerprint density at radius 2 is 2.20 bits per heavy atom. The van der Waals surface area contributed by atoms with E-state index in [0.29, 0.717) is 24.7 Å². The van der Waals surface area contributed by atoms with Gasteiger partial charge in [0.15, 0.2) is 5.16 Å². The van der Waals surface area contributed by atoms with E-state index in [1.165, 1.54) is 11.8 Å². The molecule has 20 heavy (non-hydrogen) atoms. The first-order valence-corrected chi connectivity index (χ1v) is 7.61. The standard InChI is InChI=1S/C13H21N3O3S/c1-4-14-11(17)5-6-16-10(9(2)3)7-15-13(16)20-8-12(18)19/h7,9H,4-6,8H2,1-3H3,(H,14,17)(H,18,19). The molecule has 0 saturated heterocycles. The highest BCUT2D eigenvalue weighted by Crippen LogP contribution is 2.23. The molecule has 0 unspecified atom stereocenters. The van der Waals surface area contributed by atoms with E-state index < -0.39 is 5.97 Å². The summed E-state index contributed by atoms with van der Waals surface area (Å²) in [6, 6.07) is 0. The summed E-state index contributed by atoms with van der Waals surface area (Å²) in [6.45, 7) is 7.10. The highest BCUT2D eigenvalue weighted by atomic mass is 32.2. The summed E-state index contributed by atoms with van der Waals surface area (Å²) in [5, 5.41) is 12.2. The van der Waals surface area contributed by atoms with Gasteiger partial charge in [-0.25, -0.2) is 4.98 Å². The van der Waals surface area contributed by atoms with Gasteiger partial charge in [-0.1, -0.05) is 25.6 Å². The number of amides is 1. The fourth-order valence-corrected chi connectivity index (χ4v) is 2.53. The summed E-state index contributed by atoms with van der Waals surface area (Å²) in [5.74, 6) is -0.643. The third kappa shape index (κ3) is 4.88. The SMILES string of the molecule is CCNC(=O)CCn1c(C(C)C)cnc1SCC(=O)O. The fourth-order valence-electron chi connectivity index (χ4n) is 1.80. The van der Waals surface area contributed by atoms with E-state index in [4.69, 9.17) is 5.11 Å². The molecular formula is C13H21N3O3S. The number of carbonyl (C=O) groups excluding carboxylic acids is 1. The van der Waals surface area contributed by atoms with Crippen LogP contribution in [0.2, 0.25) is 0 Å². The second kappa shape index (κ2) is 7.94. The number of carboxylic acids is 1. The molecule has 0 spiro atoms. The molecule has 0 aromatic carbocycles. The molecule has 1 aromatic heterocycles. The summed E-state index contributed by atoms with van der Waals surface area (Å²) in [7, 11) is 0. The van der Waals surface area contributed by atoms with Crippen molar-refractivity contribution in [3.05, 3.63) is 11.9 Å². The number of carbonyl (C=O) groups is 2. The molecular weight excluding hydrogens is 278 g/mol. The average molecular weight is 299 g/mol. The zero-order chi connectivity index (χ0) is 15.1. The van der Waals surface area contributed by atoms with E-state index in [-0.39, 0.29) is 17.6 Å². The topological polar surface area (TPSA) is 84.2 Å². The first-order chi connectivity index (χ1) is 9.45. The molecule has 0 aliphatic rings. The van der Waals surface area contributed by atoms with Gasteiger partial charge in [0.05, 0.1) is 5.75 Å².